The van der Waals surface area contributed by atoms with Gasteiger partial charge in [-0.3, -0.25) is 4.79 Å². The lowest BCUT2D eigenvalue weighted by Crippen LogP contribution is -2.28. The molecule has 158 valence electrons. The summed E-state index contributed by atoms with van der Waals surface area (Å²) in [5.41, 5.74) is 15.4. The zero-order chi connectivity index (χ0) is 21.7. The molecule has 1 amide bonds. The standard InChI is InChI=1S/C22H27N5O3/c1-3-30-19-8-7-14(9-17(19)23)22(29)27-21(24)16-5-4-6-18-20(16)15(11-26-18)10-25-13(2)12-28/h4-9,11,13,25-26,28H,3,10,12,23H2,1-2H3,(H2,24,27,29). The van der Waals surface area contributed by atoms with Crippen LogP contribution in [0, 0.1) is 0 Å². The SMILES string of the molecule is CCOc1ccc(C(=O)N=C(N)c2cccc3[nH]cc(CNC(C)CO)c23)cc1N. The van der Waals surface area contributed by atoms with Crippen LogP contribution >= 0.6 is 0 Å². The molecule has 2 aromatic carbocycles. The molecule has 1 heterocycles. The second-order valence-corrected chi connectivity index (χ2v) is 6.99. The number of aromatic nitrogens is 1. The Hall–Kier alpha value is -3.36. The number of hydrogen-bond acceptors (Lipinski definition) is 5. The Balaban J connectivity index is 1.91. The number of aliphatic imine (C=N–C) groups is 1. The Labute approximate surface area is 174 Å². The van der Waals surface area contributed by atoms with Crippen LogP contribution < -0.4 is 21.5 Å². The number of ether oxygens (including phenoxy) is 1. The lowest BCUT2D eigenvalue weighted by Gasteiger charge is -2.11. The van der Waals surface area contributed by atoms with E-state index in [2.05, 4.69) is 15.3 Å². The molecule has 7 N–H and O–H groups in total. The van der Waals surface area contributed by atoms with E-state index in [1.54, 1.807) is 12.1 Å². The third kappa shape index (κ3) is 4.61. The van der Waals surface area contributed by atoms with Gasteiger partial charge in [-0.1, -0.05) is 12.1 Å². The van der Waals surface area contributed by atoms with Gasteiger partial charge >= 0.3 is 0 Å². The van der Waals surface area contributed by atoms with E-state index in [9.17, 15) is 9.90 Å². The first-order valence-electron chi connectivity index (χ1n) is 9.79. The quantitative estimate of drug-likeness (QED) is 0.219. The fourth-order valence-electron chi connectivity index (χ4n) is 3.16. The summed E-state index contributed by atoms with van der Waals surface area (Å²) in [5, 5.41) is 13.4. The number of anilines is 1. The molecule has 30 heavy (non-hydrogen) atoms. The number of carbonyl (C=O) groups is 1. The maximum absolute atomic E-state index is 12.7. The van der Waals surface area contributed by atoms with Crippen LogP contribution in [0.3, 0.4) is 0 Å². The Morgan fingerprint density at radius 3 is 2.83 bits per heavy atom. The number of nitrogens with two attached hydrogens (primary N) is 2. The molecule has 0 aliphatic heterocycles. The van der Waals surface area contributed by atoms with Gasteiger partial charge in [-0.25, -0.2) is 0 Å². The van der Waals surface area contributed by atoms with Gasteiger partial charge in [-0.2, -0.15) is 4.99 Å². The van der Waals surface area contributed by atoms with E-state index in [-0.39, 0.29) is 18.5 Å². The van der Waals surface area contributed by atoms with Gasteiger partial charge in [0.1, 0.15) is 11.6 Å². The Morgan fingerprint density at radius 2 is 2.13 bits per heavy atom. The van der Waals surface area contributed by atoms with Crippen LogP contribution in [0.1, 0.15) is 35.3 Å². The van der Waals surface area contributed by atoms with Gasteiger partial charge in [-0.15, -0.1) is 0 Å². The normalized spacial score (nSPS) is 12.8. The van der Waals surface area contributed by atoms with Crippen molar-refractivity contribution in [2.24, 2.45) is 10.7 Å². The molecule has 8 heteroatoms. The van der Waals surface area contributed by atoms with E-state index in [0.29, 0.717) is 35.7 Å². The molecule has 8 nitrogen and oxygen atoms in total. The average molecular weight is 409 g/mol. The highest BCUT2D eigenvalue weighted by molar-refractivity contribution is 6.15. The number of hydrogen-bond donors (Lipinski definition) is 5. The first-order chi connectivity index (χ1) is 14.4. The molecule has 0 aliphatic carbocycles. The first-order valence-corrected chi connectivity index (χ1v) is 9.79. The van der Waals surface area contributed by atoms with Crippen LogP contribution in [-0.2, 0) is 6.54 Å². The fraction of sp³-hybridized carbons (Fsp3) is 0.273. The van der Waals surface area contributed by atoms with Gasteiger partial charge in [0, 0.05) is 40.8 Å². The van der Waals surface area contributed by atoms with Crippen molar-refractivity contribution in [2.75, 3.05) is 18.9 Å². The van der Waals surface area contributed by atoms with Gasteiger partial charge < -0.3 is 31.6 Å². The third-order valence-electron chi connectivity index (χ3n) is 4.76. The van der Waals surface area contributed by atoms with Crippen molar-refractivity contribution in [3.8, 4) is 5.75 Å². The summed E-state index contributed by atoms with van der Waals surface area (Å²) in [6, 6.07) is 10.4. The van der Waals surface area contributed by atoms with Gasteiger partial charge in [0.2, 0.25) is 0 Å². The minimum atomic E-state index is -0.483. The largest absolute Gasteiger partial charge is 0.492 e. The number of fused-ring (bicyclic) bond motifs is 1. The van der Waals surface area contributed by atoms with Crippen molar-refractivity contribution in [1.82, 2.24) is 10.3 Å². The van der Waals surface area contributed by atoms with E-state index >= 15 is 0 Å². The number of nitrogen functional groups attached to an aromatic ring is 1. The van der Waals surface area contributed by atoms with Gasteiger partial charge in [-0.05, 0) is 43.7 Å². The van der Waals surface area contributed by atoms with Crippen molar-refractivity contribution in [2.45, 2.75) is 26.4 Å². The number of benzene rings is 2. The monoisotopic (exact) mass is 409 g/mol. The lowest BCUT2D eigenvalue weighted by atomic mass is 10.0. The number of nitrogens with zero attached hydrogens (tertiary/aromatic N) is 1. The molecule has 1 unspecified atom stereocenters. The van der Waals surface area contributed by atoms with Crippen LogP contribution in [0.25, 0.3) is 10.9 Å². The average Bonchev–Trinajstić information content (AvgIpc) is 3.16. The maximum atomic E-state index is 12.7. The number of aliphatic hydroxyl groups is 1. The minimum Gasteiger partial charge on any atom is -0.492 e. The minimum absolute atomic E-state index is 0.0402. The predicted molar refractivity (Wildman–Crippen MR) is 119 cm³/mol. The maximum Gasteiger partial charge on any atom is 0.279 e. The van der Waals surface area contributed by atoms with E-state index in [1.165, 1.54) is 6.07 Å². The molecule has 1 aromatic heterocycles. The zero-order valence-electron chi connectivity index (χ0n) is 17.1. The van der Waals surface area contributed by atoms with Crippen molar-refractivity contribution < 1.29 is 14.6 Å². The molecular formula is C22H27N5O3. The second-order valence-electron chi connectivity index (χ2n) is 6.99. The summed E-state index contributed by atoms with van der Waals surface area (Å²) in [4.78, 5) is 20.0. The van der Waals surface area contributed by atoms with Crippen molar-refractivity contribution >= 4 is 28.3 Å². The van der Waals surface area contributed by atoms with Crippen LogP contribution in [0.2, 0.25) is 0 Å². The molecule has 0 aliphatic rings. The highest BCUT2D eigenvalue weighted by Gasteiger charge is 2.14. The summed E-state index contributed by atoms with van der Waals surface area (Å²) < 4.78 is 5.40. The number of aliphatic hydroxyl groups excluding tert-OH is 1. The van der Waals surface area contributed by atoms with Crippen LogP contribution in [0.15, 0.2) is 47.6 Å². The third-order valence-corrected chi connectivity index (χ3v) is 4.76. The molecule has 0 saturated carbocycles. The lowest BCUT2D eigenvalue weighted by molar-refractivity contribution is 0.100. The van der Waals surface area contributed by atoms with Crippen LogP contribution in [0.4, 0.5) is 5.69 Å². The Kier molecular flexibility index (Phi) is 6.71. The van der Waals surface area contributed by atoms with E-state index < -0.39 is 5.91 Å². The molecule has 0 bridgehead atoms. The molecular weight excluding hydrogens is 382 g/mol. The Morgan fingerprint density at radius 1 is 1.33 bits per heavy atom. The fourth-order valence-corrected chi connectivity index (χ4v) is 3.16. The highest BCUT2D eigenvalue weighted by atomic mass is 16.5. The molecule has 0 saturated heterocycles. The summed E-state index contributed by atoms with van der Waals surface area (Å²) in [6.07, 6.45) is 1.88. The number of rotatable bonds is 8. The van der Waals surface area contributed by atoms with E-state index in [0.717, 1.165) is 16.5 Å². The summed E-state index contributed by atoms with van der Waals surface area (Å²) in [6.45, 7) is 4.82. The Bertz CT molecular complexity index is 1070. The zero-order valence-corrected chi connectivity index (χ0v) is 17.1. The van der Waals surface area contributed by atoms with E-state index in [4.69, 9.17) is 16.2 Å². The van der Waals surface area contributed by atoms with Gasteiger partial charge in [0.25, 0.3) is 5.91 Å². The smallest absolute Gasteiger partial charge is 0.279 e. The van der Waals surface area contributed by atoms with E-state index in [1.807, 2.05) is 38.2 Å². The summed E-state index contributed by atoms with van der Waals surface area (Å²) in [5.74, 6) is 0.162. The van der Waals surface area contributed by atoms with Gasteiger partial charge in [0.15, 0.2) is 0 Å². The second kappa shape index (κ2) is 9.43. The molecule has 1 atom stereocenters. The number of carbonyl (C=O) groups excluding carboxylic acids is 1. The molecule has 3 aromatic rings. The van der Waals surface area contributed by atoms with Gasteiger partial charge in [0.05, 0.1) is 18.9 Å². The molecule has 0 spiro atoms. The number of aromatic amines is 1. The molecule has 0 fully saturated rings. The van der Waals surface area contributed by atoms with Crippen LogP contribution in [0.5, 0.6) is 5.75 Å². The molecule has 3 rings (SSSR count). The predicted octanol–water partition coefficient (Wildman–Crippen LogP) is 2.16. The van der Waals surface area contributed by atoms with Crippen LogP contribution in [-0.4, -0.2) is 41.1 Å². The number of nitrogens with one attached hydrogen (secondary N) is 2. The first kappa shape index (κ1) is 21.4. The van der Waals surface area contributed by atoms with Crippen molar-refractivity contribution in [3.63, 3.8) is 0 Å². The van der Waals surface area contributed by atoms with Crippen molar-refractivity contribution in [1.29, 1.82) is 0 Å². The van der Waals surface area contributed by atoms with Crippen molar-refractivity contribution in [3.05, 3.63) is 59.3 Å². The number of amidine groups is 1. The molecule has 0 radical (unpaired) electrons. The number of amides is 1. The summed E-state index contributed by atoms with van der Waals surface area (Å²) >= 11 is 0. The number of H-pyrrole nitrogens is 1. The highest BCUT2D eigenvalue weighted by Crippen LogP contribution is 2.25. The topological polar surface area (TPSA) is 139 Å². The summed E-state index contributed by atoms with van der Waals surface area (Å²) in [7, 11) is 0.